The molecule has 0 atom stereocenters. The molecule has 122 valence electrons. The summed E-state index contributed by atoms with van der Waals surface area (Å²) < 4.78 is 13.2. The van der Waals surface area contributed by atoms with Crippen LogP contribution < -0.4 is 9.47 Å². The van der Waals surface area contributed by atoms with E-state index in [1.54, 1.807) is 11.8 Å². The lowest BCUT2D eigenvalue weighted by Crippen LogP contribution is -2.16. The molecule has 0 radical (unpaired) electrons. The Bertz CT molecular complexity index is 822. The number of hydrogen-bond acceptors (Lipinski definition) is 6. The largest absolute Gasteiger partial charge is 0.486 e. The van der Waals surface area contributed by atoms with Gasteiger partial charge in [-0.2, -0.15) is 0 Å². The Kier molecular flexibility index (Phi) is 4.33. The molecular formula is C17H16N4O2S. The molecule has 2 aromatic carbocycles. The molecule has 1 aromatic heterocycles. The average Bonchev–Trinajstić information content (AvgIpc) is 3.08. The molecular weight excluding hydrogens is 324 g/mol. The van der Waals surface area contributed by atoms with E-state index in [0.717, 1.165) is 28.0 Å². The molecule has 1 aliphatic heterocycles. The SMILES string of the molecule is c1ccc(Cn2nnnc2SCc2cccc3c2OCCO3)cc1. The van der Waals surface area contributed by atoms with Gasteiger partial charge in [-0.05, 0) is 22.1 Å². The van der Waals surface area contributed by atoms with Crippen molar-refractivity contribution in [3.63, 3.8) is 0 Å². The third-order valence-corrected chi connectivity index (χ3v) is 4.68. The van der Waals surface area contributed by atoms with E-state index < -0.39 is 0 Å². The molecule has 3 aromatic rings. The van der Waals surface area contributed by atoms with E-state index in [-0.39, 0.29) is 0 Å². The van der Waals surface area contributed by atoms with Crippen molar-refractivity contribution >= 4 is 11.8 Å². The Morgan fingerprint density at radius 3 is 2.79 bits per heavy atom. The van der Waals surface area contributed by atoms with Gasteiger partial charge in [0.25, 0.3) is 0 Å². The zero-order valence-corrected chi connectivity index (χ0v) is 13.8. The fourth-order valence-electron chi connectivity index (χ4n) is 2.55. The smallest absolute Gasteiger partial charge is 0.209 e. The van der Waals surface area contributed by atoms with Gasteiger partial charge in [0.2, 0.25) is 5.16 Å². The summed E-state index contributed by atoms with van der Waals surface area (Å²) in [6.45, 7) is 1.84. The predicted octanol–water partition coefficient (Wildman–Crippen LogP) is 2.78. The summed E-state index contributed by atoms with van der Waals surface area (Å²) in [7, 11) is 0. The van der Waals surface area contributed by atoms with Crippen LogP contribution in [0.15, 0.2) is 53.7 Å². The fourth-order valence-corrected chi connectivity index (χ4v) is 3.40. The maximum atomic E-state index is 5.75. The highest BCUT2D eigenvalue weighted by molar-refractivity contribution is 7.98. The van der Waals surface area contributed by atoms with Crippen LogP contribution in [0.2, 0.25) is 0 Å². The van der Waals surface area contributed by atoms with Crippen LogP contribution in [0.25, 0.3) is 0 Å². The summed E-state index contributed by atoms with van der Waals surface area (Å²) in [6, 6.07) is 16.1. The van der Waals surface area contributed by atoms with Crippen molar-refractivity contribution in [3.8, 4) is 11.5 Å². The van der Waals surface area contributed by atoms with Gasteiger partial charge in [-0.3, -0.25) is 0 Å². The summed E-state index contributed by atoms with van der Waals surface area (Å²) in [4.78, 5) is 0. The van der Waals surface area contributed by atoms with Gasteiger partial charge in [-0.1, -0.05) is 54.2 Å². The van der Waals surface area contributed by atoms with Crippen molar-refractivity contribution in [2.24, 2.45) is 0 Å². The molecule has 4 rings (SSSR count). The first-order valence-electron chi connectivity index (χ1n) is 7.70. The maximum absolute atomic E-state index is 5.75. The zero-order valence-electron chi connectivity index (χ0n) is 13.0. The summed E-state index contributed by atoms with van der Waals surface area (Å²) in [5.41, 5.74) is 2.26. The Morgan fingerprint density at radius 2 is 1.88 bits per heavy atom. The molecule has 0 saturated heterocycles. The van der Waals surface area contributed by atoms with E-state index in [4.69, 9.17) is 9.47 Å². The first-order chi connectivity index (χ1) is 11.9. The van der Waals surface area contributed by atoms with Crippen LogP contribution in [0.1, 0.15) is 11.1 Å². The number of benzene rings is 2. The predicted molar refractivity (Wildman–Crippen MR) is 90.4 cm³/mol. The molecule has 0 fully saturated rings. The second-order valence-corrected chi connectivity index (χ2v) is 6.28. The van der Waals surface area contributed by atoms with Gasteiger partial charge in [0.1, 0.15) is 13.2 Å². The van der Waals surface area contributed by atoms with Gasteiger partial charge in [0, 0.05) is 11.3 Å². The number of fused-ring (bicyclic) bond motifs is 1. The van der Waals surface area contributed by atoms with Crippen LogP contribution >= 0.6 is 11.8 Å². The number of tetrazole rings is 1. The van der Waals surface area contributed by atoms with Crippen LogP contribution in [0.3, 0.4) is 0 Å². The van der Waals surface area contributed by atoms with Gasteiger partial charge in [0.05, 0.1) is 6.54 Å². The van der Waals surface area contributed by atoms with Crippen LogP contribution in [0.4, 0.5) is 0 Å². The molecule has 1 aliphatic rings. The molecule has 2 heterocycles. The fraction of sp³-hybridized carbons (Fsp3) is 0.235. The lowest BCUT2D eigenvalue weighted by atomic mass is 10.2. The highest BCUT2D eigenvalue weighted by Gasteiger charge is 2.16. The van der Waals surface area contributed by atoms with Gasteiger partial charge in [0.15, 0.2) is 11.5 Å². The summed E-state index contributed by atoms with van der Waals surface area (Å²) >= 11 is 1.59. The number of para-hydroxylation sites is 1. The lowest BCUT2D eigenvalue weighted by molar-refractivity contribution is 0.170. The lowest BCUT2D eigenvalue weighted by Gasteiger charge is -2.20. The van der Waals surface area contributed by atoms with E-state index >= 15 is 0 Å². The third kappa shape index (κ3) is 3.21. The van der Waals surface area contributed by atoms with E-state index in [9.17, 15) is 0 Å². The topological polar surface area (TPSA) is 62.1 Å². The maximum Gasteiger partial charge on any atom is 0.209 e. The Hall–Kier alpha value is -2.54. The molecule has 0 unspecified atom stereocenters. The summed E-state index contributed by atoms with van der Waals surface area (Å²) in [5, 5.41) is 12.8. The van der Waals surface area contributed by atoms with E-state index in [1.807, 2.05) is 41.1 Å². The molecule has 6 nitrogen and oxygen atoms in total. The highest BCUT2D eigenvalue weighted by atomic mass is 32.2. The monoisotopic (exact) mass is 340 g/mol. The van der Waals surface area contributed by atoms with Crippen molar-refractivity contribution in [2.75, 3.05) is 13.2 Å². The van der Waals surface area contributed by atoms with Crippen molar-refractivity contribution in [1.82, 2.24) is 20.2 Å². The third-order valence-electron chi connectivity index (χ3n) is 3.68. The molecule has 0 bridgehead atoms. The minimum Gasteiger partial charge on any atom is -0.486 e. The molecule has 0 saturated carbocycles. The second kappa shape index (κ2) is 6.92. The zero-order chi connectivity index (χ0) is 16.2. The molecule has 0 amide bonds. The van der Waals surface area contributed by atoms with Crippen LogP contribution in [0, 0.1) is 0 Å². The summed E-state index contributed by atoms with van der Waals surface area (Å²) in [6.07, 6.45) is 0. The van der Waals surface area contributed by atoms with Crippen molar-refractivity contribution in [2.45, 2.75) is 17.5 Å². The normalized spacial score (nSPS) is 13.0. The number of aromatic nitrogens is 4. The molecule has 7 heteroatoms. The number of thioether (sulfide) groups is 1. The molecule has 0 aliphatic carbocycles. The number of ether oxygens (including phenoxy) is 2. The quantitative estimate of drug-likeness (QED) is 0.666. The number of nitrogens with zero attached hydrogens (tertiary/aromatic N) is 4. The van der Waals surface area contributed by atoms with E-state index in [1.165, 1.54) is 5.56 Å². The average molecular weight is 340 g/mol. The van der Waals surface area contributed by atoms with Crippen LogP contribution in [-0.4, -0.2) is 33.4 Å². The molecule has 0 spiro atoms. The Balaban J connectivity index is 1.48. The van der Waals surface area contributed by atoms with Crippen molar-refractivity contribution in [3.05, 3.63) is 59.7 Å². The molecule has 24 heavy (non-hydrogen) atoms. The Labute approximate surface area is 143 Å². The number of hydrogen-bond donors (Lipinski definition) is 0. The van der Waals surface area contributed by atoms with Crippen LogP contribution in [-0.2, 0) is 12.3 Å². The Morgan fingerprint density at radius 1 is 1.00 bits per heavy atom. The van der Waals surface area contributed by atoms with Gasteiger partial charge < -0.3 is 9.47 Å². The summed E-state index contributed by atoms with van der Waals surface area (Å²) in [5.74, 6) is 2.36. The van der Waals surface area contributed by atoms with E-state index in [2.05, 4.69) is 27.7 Å². The van der Waals surface area contributed by atoms with E-state index in [0.29, 0.717) is 19.8 Å². The first kappa shape index (κ1) is 15.0. The van der Waals surface area contributed by atoms with Crippen LogP contribution in [0.5, 0.6) is 11.5 Å². The van der Waals surface area contributed by atoms with Gasteiger partial charge >= 0.3 is 0 Å². The highest BCUT2D eigenvalue weighted by Crippen LogP contribution is 2.36. The second-order valence-electron chi connectivity index (χ2n) is 5.33. The minimum absolute atomic E-state index is 0.584. The van der Waals surface area contributed by atoms with Gasteiger partial charge in [-0.15, -0.1) is 5.10 Å². The van der Waals surface area contributed by atoms with Crippen molar-refractivity contribution in [1.29, 1.82) is 0 Å². The first-order valence-corrected chi connectivity index (χ1v) is 8.69. The minimum atomic E-state index is 0.584. The standard InChI is InChI=1S/C17H16N4O2S/c1-2-5-13(6-3-1)11-21-17(18-19-20-21)24-12-14-7-4-8-15-16(14)23-10-9-22-15/h1-8H,9-12H2. The van der Waals surface area contributed by atoms with Crippen molar-refractivity contribution < 1.29 is 9.47 Å². The number of rotatable bonds is 5. The van der Waals surface area contributed by atoms with Gasteiger partial charge in [-0.25, -0.2) is 4.68 Å². The molecule has 0 N–H and O–H groups in total.